The molecule has 3 N–H and O–H groups in total. The Morgan fingerprint density at radius 3 is 2.25 bits per heavy atom. The summed E-state index contributed by atoms with van der Waals surface area (Å²) in [6, 6.07) is 0.562. The average molecular weight is 170 g/mol. The summed E-state index contributed by atoms with van der Waals surface area (Å²) in [6.07, 6.45) is 6.61. The van der Waals surface area contributed by atoms with Crippen LogP contribution in [-0.2, 0) is 0 Å². The van der Waals surface area contributed by atoms with Gasteiger partial charge in [0.05, 0.1) is 0 Å². The van der Waals surface area contributed by atoms with Crippen LogP contribution in [0.25, 0.3) is 0 Å². The number of hydrogen-bond donors (Lipinski definition) is 2. The monoisotopic (exact) mass is 170 g/mol. The highest BCUT2D eigenvalue weighted by atomic mass is 15.0. The molecule has 0 unspecified atom stereocenters. The van der Waals surface area contributed by atoms with Gasteiger partial charge in [-0.15, -0.1) is 0 Å². The van der Waals surface area contributed by atoms with Crippen molar-refractivity contribution in [2.75, 3.05) is 6.54 Å². The third kappa shape index (κ3) is 2.46. The molecule has 1 aliphatic rings. The molecule has 0 saturated heterocycles. The zero-order valence-electron chi connectivity index (χ0n) is 8.40. The topological polar surface area (TPSA) is 38.0 Å². The molecule has 2 nitrogen and oxygen atoms in total. The first kappa shape index (κ1) is 10.0. The van der Waals surface area contributed by atoms with Crippen molar-refractivity contribution in [2.45, 2.75) is 57.5 Å². The minimum absolute atomic E-state index is 0.270. The molecule has 12 heavy (non-hydrogen) atoms. The second-order valence-electron chi connectivity index (χ2n) is 4.34. The Morgan fingerprint density at radius 1 is 1.25 bits per heavy atom. The molecule has 0 aromatic heterocycles. The first-order valence-corrected chi connectivity index (χ1v) is 5.16. The molecule has 0 aliphatic heterocycles. The minimum Gasteiger partial charge on any atom is -0.329 e. The van der Waals surface area contributed by atoms with Crippen LogP contribution in [0.5, 0.6) is 0 Å². The summed E-state index contributed by atoms with van der Waals surface area (Å²) in [6.45, 7) is 5.20. The van der Waals surface area contributed by atoms with Crippen LogP contribution in [0.4, 0.5) is 0 Å². The van der Waals surface area contributed by atoms with Crippen LogP contribution < -0.4 is 11.1 Å². The second-order valence-corrected chi connectivity index (χ2v) is 4.34. The average Bonchev–Trinajstić information content (AvgIpc) is 2.05. The molecule has 2 heteroatoms. The van der Waals surface area contributed by atoms with E-state index in [1.807, 2.05) is 0 Å². The van der Waals surface area contributed by atoms with Crippen LogP contribution >= 0.6 is 0 Å². The number of nitrogens with two attached hydrogens (primary N) is 1. The van der Waals surface area contributed by atoms with Gasteiger partial charge in [0.25, 0.3) is 0 Å². The van der Waals surface area contributed by atoms with Crippen molar-refractivity contribution >= 4 is 0 Å². The minimum atomic E-state index is 0.270. The molecule has 0 bridgehead atoms. The summed E-state index contributed by atoms with van der Waals surface area (Å²) in [5, 5.41) is 3.62. The summed E-state index contributed by atoms with van der Waals surface area (Å²) < 4.78 is 0. The molecule has 0 aromatic carbocycles. The molecule has 1 rings (SSSR count). The number of hydrogen-bond acceptors (Lipinski definition) is 2. The van der Waals surface area contributed by atoms with E-state index in [1.54, 1.807) is 0 Å². The highest BCUT2D eigenvalue weighted by molar-refractivity contribution is 4.92. The maximum absolute atomic E-state index is 5.82. The van der Waals surface area contributed by atoms with E-state index in [4.69, 9.17) is 5.73 Å². The Labute approximate surface area is 75.9 Å². The van der Waals surface area contributed by atoms with Crippen molar-refractivity contribution in [2.24, 2.45) is 5.73 Å². The van der Waals surface area contributed by atoms with E-state index in [9.17, 15) is 0 Å². The lowest BCUT2D eigenvalue weighted by Gasteiger charge is -2.39. The van der Waals surface area contributed by atoms with E-state index in [0.717, 1.165) is 6.54 Å². The highest BCUT2D eigenvalue weighted by Crippen LogP contribution is 2.27. The van der Waals surface area contributed by atoms with Crippen LogP contribution in [0.2, 0.25) is 0 Å². The van der Waals surface area contributed by atoms with Crippen molar-refractivity contribution in [1.29, 1.82) is 0 Å². The van der Waals surface area contributed by atoms with E-state index in [-0.39, 0.29) is 5.54 Å². The normalized spacial score (nSPS) is 23.0. The maximum atomic E-state index is 5.82. The fourth-order valence-electron chi connectivity index (χ4n) is 2.25. The van der Waals surface area contributed by atoms with Crippen LogP contribution in [-0.4, -0.2) is 18.1 Å². The van der Waals surface area contributed by atoms with E-state index < -0.39 is 0 Å². The molecule has 0 atom stereocenters. The number of rotatable bonds is 3. The predicted octanol–water partition coefficient (Wildman–Crippen LogP) is 1.65. The van der Waals surface area contributed by atoms with Crippen LogP contribution in [0.15, 0.2) is 0 Å². The fraction of sp³-hybridized carbons (Fsp3) is 1.00. The SMILES string of the molecule is CC(C)NC1(CN)CCCCC1. The zero-order valence-corrected chi connectivity index (χ0v) is 8.40. The molecular formula is C10H22N2. The van der Waals surface area contributed by atoms with E-state index >= 15 is 0 Å². The summed E-state index contributed by atoms with van der Waals surface area (Å²) in [7, 11) is 0. The molecule has 0 aromatic rings. The summed E-state index contributed by atoms with van der Waals surface area (Å²) in [4.78, 5) is 0. The highest BCUT2D eigenvalue weighted by Gasteiger charge is 2.30. The lowest BCUT2D eigenvalue weighted by molar-refractivity contribution is 0.223. The van der Waals surface area contributed by atoms with Crippen molar-refractivity contribution < 1.29 is 0 Å². The zero-order chi connectivity index (χ0) is 9.03. The Hall–Kier alpha value is -0.0800. The Morgan fingerprint density at radius 2 is 1.83 bits per heavy atom. The lowest BCUT2D eigenvalue weighted by Crippen LogP contribution is -2.54. The maximum Gasteiger partial charge on any atom is 0.0306 e. The molecular weight excluding hydrogens is 148 g/mol. The molecule has 1 aliphatic carbocycles. The predicted molar refractivity (Wildman–Crippen MR) is 53.1 cm³/mol. The largest absolute Gasteiger partial charge is 0.329 e. The molecule has 0 spiro atoms. The number of nitrogens with one attached hydrogen (secondary N) is 1. The van der Waals surface area contributed by atoms with E-state index in [2.05, 4.69) is 19.2 Å². The van der Waals surface area contributed by atoms with Crippen molar-refractivity contribution in [3.63, 3.8) is 0 Å². The van der Waals surface area contributed by atoms with Gasteiger partial charge in [-0.1, -0.05) is 33.1 Å². The summed E-state index contributed by atoms with van der Waals surface area (Å²) in [5.74, 6) is 0. The summed E-state index contributed by atoms with van der Waals surface area (Å²) in [5.41, 5.74) is 6.09. The Bertz CT molecular complexity index is 126. The van der Waals surface area contributed by atoms with Gasteiger partial charge in [0.15, 0.2) is 0 Å². The summed E-state index contributed by atoms with van der Waals surface area (Å²) >= 11 is 0. The van der Waals surface area contributed by atoms with Gasteiger partial charge < -0.3 is 11.1 Å². The molecule has 72 valence electrons. The second kappa shape index (κ2) is 4.24. The van der Waals surface area contributed by atoms with Crippen molar-refractivity contribution in [3.8, 4) is 0 Å². The Balaban J connectivity index is 2.48. The third-order valence-electron chi connectivity index (χ3n) is 2.80. The van der Waals surface area contributed by atoms with Gasteiger partial charge in [-0.05, 0) is 12.8 Å². The van der Waals surface area contributed by atoms with Crippen molar-refractivity contribution in [1.82, 2.24) is 5.32 Å². The van der Waals surface area contributed by atoms with Gasteiger partial charge in [0.1, 0.15) is 0 Å². The molecule has 0 heterocycles. The van der Waals surface area contributed by atoms with Gasteiger partial charge in [-0.2, -0.15) is 0 Å². The first-order chi connectivity index (χ1) is 5.68. The Kier molecular flexibility index (Phi) is 3.53. The van der Waals surface area contributed by atoms with Crippen molar-refractivity contribution in [3.05, 3.63) is 0 Å². The third-order valence-corrected chi connectivity index (χ3v) is 2.80. The van der Waals surface area contributed by atoms with Crippen LogP contribution in [0, 0.1) is 0 Å². The van der Waals surface area contributed by atoms with Gasteiger partial charge in [-0.3, -0.25) is 0 Å². The van der Waals surface area contributed by atoms with Gasteiger partial charge in [0, 0.05) is 18.1 Å². The van der Waals surface area contributed by atoms with Crippen LogP contribution in [0.1, 0.15) is 46.0 Å². The molecule has 1 saturated carbocycles. The molecule has 0 amide bonds. The van der Waals surface area contributed by atoms with Gasteiger partial charge >= 0.3 is 0 Å². The van der Waals surface area contributed by atoms with E-state index in [1.165, 1.54) is 32.1 Å². The quantitative estimate of drug-likeness (QED) is 0.676. The van der Waals surface area contributed by atoms with Gasteiger partial charge in [0.2, 0.25) is 0 Å². The van der Waals surface area contributed by atoms with Gasteiger partial charge in [-0.25, -0.2) is 0 Å². The molecule has 0 radical (unpaired) electrons. The fourth-order valence-corrected chi connectivity index (χ4v) is 2.25. The molecule has 1 fully saturated rings. The standard InChI is InChI=1S/C10H22N2/c1-9(2)12-10(8-11)6-4-3-5-7-10/h9,12H,3-8,11H2,1-2H3. The first-order valence-electron chi connectivity index (χ1n) is 5.16. The van der Waals surface area contributed by atoms with Crippen LogP contribution in [0.3, 0.4) is 0 Å². The lowest BCUT2D eigenvalue weighted by atomic mass is 9.81. The van der Waals surface area contributed by atoms with E-state index in [0.29, 0.717) is 6.04 Å². The smallest absolute Gasteiger partial charge is 0.0306 e.